The summed E-state index contributed by atoms with van der Waals surface area (Å²) in [5.41, 5.74) is 1.03. The molecular weight excluding hydrogens is 368 g/mol. The van der Waals surface area contributed by atoms with E-state index >= 15 is 0 Å². The summed E-state index contributed by atoms with van der Waals surface area (Å²) in [6.45, 7) is 2.40. The Bertz CT molecular complexity index is 1030. The maximum absolute atomic E-state index is 12.6. The molecule has 3 rings (SSSR count). The maximum atomic E-state index is 12.6. The fourth-order valence-electron chi connectivity index (χ4n) is 2.56. The molecule has 0 atom stereocenters. The van der Waals surface area contributed by atoms with E-state index in [0.717, 1.165) is 22.9 Å². The molecule has 0 radical (unpaired) electrons. The summed E-state index contributed by atoms with van der Waals surface area (Å²) >= 11 is 1.50. The van der Waals surface area contributed by atoms with E-state index in [4.69, 9.17) is 0 Å². The molecule has 1 heterocycles. The van der Waals surface area contributed by atoms with Crippen LogP contribution in [0.25, 0.3) is 10.1 Å². The van der Waals surface area contributed by atoms with Crippen molar-refractivity contribution in [1.82, 2.24) is 4.72 Å². The van der Waals surface area contributed by atoms with Crippen LogP contribution in [0.2, 0.25) is 0 Å². The number of unbranched alkanes of at least 4 members (excludes halogenated alkanes) is 1. The molecule has 3 aromatic rings. The second kappa shape index (κ2) is 7.99. The van der Waals surface area contributed by atoms with Gasteiger partial charge in [-0.1, -0.05) is 37.6 Å². The Morgan fingerprint density at radius 1 is 1.12 bits per heavy atom. The molecule has 0 spiro atoms. The van der Waals surface area contributed by atoms with Crippen LogP contribution in [0.4, 0.5) is 5.69 Å². The van der Waals surface area contributed by atoms with E-state index in [2.05, 4.69) is 10.0 Å². The minimum atomic E-state index is -3.58. The molecule has 2 aromatic carbocycles. The highest BCUT2D eigenvalue weighted by Crippen LogP contribution is 2.26. The predicted molar refractivity (Wildman–Crippen MR) is 106 cm³/mol. The lowest BCUT2D eigenvalue weighted by molar-refractivity contribution is 0.102. The first-order chi connectivity index (χ1) is 12.5. The van der Waals surface area contributed by atoms with Crippen LogP contribution >= 0.6 is 11.3 Å². The molecule has 26 heavy (non-hydrogen) atoms. The van der Waals surface area contributed by atoms with E-state index in [9.17, 15) is 13.2 Å². The van der Waals surface area contributed by atoms with Gasteiger partial charge in [-0.2, -0.15) is 0 Å². The van der Waals surface area contributed by atoms with Crippen molar-refractivity contribution in [2.24, 2.45) is 0 Å². The summed E-state index contributed by atoms with van der Waals surface area (Å²) in [6.07, 6.45) is 1.69. The number of carbonyl (C=O) groups excluding carboxylic acids is 1. The number of hydrogen-bond donors (Lipinski definition) is 2. The number of amides is 1. The van der Waals surface area contributed by atoms with Crippen LogP contribution in [0.3, 0.4) is 0 Å². The summed E-state index contributed by atoms with van der Waals surface area (Å²) in [5, 5.41) is 5.49. The summed E-state index contributed by atoms with van der Waals surface area (Å²) < 4.78 is 28.3. The predicted octanol–water partition coefficient (Wildman–Crippen LogP) is 4.23. The monoisotopic (exact) mass is 388 g/mol. The topological polar surface area (TPSA) is 75.3 Å². The van der Waals surface area contributed by atoms with Crippen molar-refractivity contribution in [3.63, 3.8) is 0 Å². The Morgan fingerprint density at radius 2 is 1.92 bits per heavy atom. The molecule has 0 unspecified atom stereocenters. The van der Waals surface area contributed by atoms with Crippen LogP contribution in [0.15, 0.2) is 58.8 Å². The first-order valence-corrected chi connectivity index (χ1v) is 10.7. The van der Waals surface area contributed by atoms with Crippen LogP contribution in [-0.4, -0.2) is 20.9 Å². The number of anilines is 1. The van der Waals surface area contributed by atoms with Crippen LogP contribution in [-0.2, 0) is 10.0 Å². The number of sulfonamides is 1. The standard InChI is InChI=1S/C19H20N2O3S2/c1-2-3-11-20-26(23,24)15-8-6-7-14(12-15)21-19(22)17-13-25-18-10-5-4-9-16(17)18/h4-10,12-13,20H,2-3,11H2,1H3,(H,21,22). The molecule has 7 heteroatoms. The average Bonchev–Trinajstić information content (AvgIpc) is 3.06. The van der Waals surface area contributed by atoms with Crippen molar-refractivity contribution < 1.29 is 13.2 Å². The van der Waals surface area contributed by atoms with Gasteiger partial charge >= 0.3 is 0 Å². The van der Waals surface area contributed by atoms with Gasteiger partial charge in [-0.3, -0.25) is 4.79 Å². The van der Waals surface area contributed by atoms with Crippen molar-refractivity contribution in [3.8, 4) is 0 Å². The zero-order chi connectivity index (χ0) is 18.6. The normalized spacial score (nSPS) is 11.6. The molecule has 0 bridgehead atoms. The molecule has 0 saturated heterocycles. The molecule has 0 fully saturated rings. The Morgan fingerprint density at radius 3 is 2.73 bits per heavy atom. The molecular formula is C19H20N2O3S2. The van der Waals surface area contributed by atoms with Gasteiger partial charge in [0.25, 0.3) is 5.91 Å². The molecule has 0 aliphatic heterocycles. The number of rotatable bonds is 7. The summed E-state index contributed by atoms with van der Waals surface area (Å²) in [5.74, 6) is -0.254. The lowest BCUT2D eigenvalue weighted by Crippen LogP contribution is -2.24. The van der Waals surface area contributed by atoms with Crippen molar-refractivity contribution in [3.05, 3.63) is 59.5 Å². The van der Waals surface area contributed by atoms with Crippen molar-refractivity contribution in [2.75, 3.05) is 11.9 Å². The van der Waals surface area contributed by atoms with E-state index in [1.54, 1.807) is 12.1 Å². The lowest BCUT2D eigenvalue weighted by Gasteiger charge is -2.09. The highest BCUT2D eigenvalue weighted by molar-refractivity contribution is 7.89. The van der Waals surface area contributed by atoms with Crippen molar-refractivity contribution in [2.45, 2.75) is 24.7 Å². The minimum Gasteiger partial charge on any atom is -0.322 e. The number of fused-ring (bicyclic) bond motifs is 1. The van der Waals surface area contributed by atoms with Gasteiger partial charge in [-0.15, -0.1) is 11.3 Å². The third-order valence-electron chi connectivity index (χ3n) is 3.95. The number of thiophene rings is 1. The number of nitrogens with one attached hydrogen (secondary N) is 2. The number of benzene rings is 2. The van der Waals surface area contributed by atoms with E-state index in [-0.39, 0.29) is 10.8 Å². The Kier molecular flexibility index (Phi) is 5.70. The maximum Gasteiger partial charge on any atom is 0.257 e. The van der Waals surface area contributed by atoms with Gasteiger partial charge in [0.1, 0.15) is 0 Å². The van der Waals surface area contributed by atoms with Gasteiger partial charge in [0.2, 0.25) is 10.0 Å². The van der Waals surface area contributed by atoms with Gasteiger partial charge in [-0.05, 0) is 30.7 Å². The molecule has 136 valence electrons. The molecule has 0 aliphatic carbocycles. The van der Waals surface area contributed by atoms with E-state index in [0.29, 0.717) is 17.8 Å². The van der Waals surface area contributed by atoms with Gasteiger partial charge in [0.05, 0.1) is 10.5 Å². The van der Waals surface area contributed by atoms with Crippen LogP contribution < -0.4 is 10.0 Å². The van der Waals surface area contributed by atoms with Gasteiger partial charge in [0.15, 0.2) is 0 Å². The van der Waals surface area contributed by atoms with Gasteiger partial charge in [-0.25, -0.2) is 13.1 Å². The lowest BCUT2D eigenvalue weighted by atomic mass is 10.1. The highest BCUT2D eigenvalue weighted by Gasteiger charge is 2.16. The second-order valence-corrected chi connectivity index (χ2v) is 8.56. The Hall–Kier alpha value is -2.22. The number of hydrogen-bond acceptors (Lipinski definition) is 4. The van der Waals surface area contributed by atoms with Crippen molar-refractivity contribution >= 4 is 43.0 Å². The first-order valence-electron chi connectivity index (χ1n) is 8.38. The quantitative estimate of drug-likeness (QED) is 0.595. The van der Waals surface area contributed by atoms with Crippen LogP contribution in [0, 0.1) is 0 Å². The first kappa shape index (κ1) is 18.6. The van der Waals surface area contributed by atoms with Crippen molar-refractivity contribution in [1.29, 1.82) is 0 Å². The molecule has 0 saturated carbocycles. The molecule has 1 amide bonds. The molecule has 5 nitrogen and oxygen atoms in total. The summed E-state index contributed by atoms with van der Waals surface area (Å²) in [4.78, 5) is 12.7. The fraction of sp³-hybridized carbons (Fsp3) is 0.211. The highest BCUT2D eigenvalue weighted by atomic mass is 32.2. The van der Waals surface area contributed by atoms with Crippen LogP contribution in [0.1, 0.15) is 30.1 Å². The van der Waals surface area contributed by atoms with E-state index in [1.165, 1.54) is 23.5 Å². The molecule has 2 N–H and O–H groups in total. The number of carbonyl (C=O) groups is 1. The minimum absolute atomic E-state index is 0.140. The zero-order valence-electron chi connectivity index (χ0n) is 14.4. The summed E-state index contributed by atoms with van der Waals surface area (Å²) in [6, 6.07) is 14.0. The zero-order valence-corrected chi connectivity index (χ0v) is 16.0. The molecule has 0 aliphatic rings. The molecule has 1 aromatic heterocycles. The second-order valence-electron chi connectivity index (χ2n) is 5.88. The van der Waals surface area contributed by atoms with E-state index in [1.807, 2.05) is 36.6 Å². The third kappa shape index (κ3) is 4.12. The SMILES string of the molecule is CCCCNS(=O)(=O)c1cccc(NC(=O)c2csc3ccccc23)c1. The van der Waals surface area contributed by atoms with E-state index < -0.39 is 10.0 Å². The Labute approximate surface area is 157 Å². The smallest absolute Gasteiger partial charge is 0.257 e. The summed E-state index contributed by atoms with van der Waals surface area (Å²) in [7, 11) is -3.58. The largest absolute Gasteiger partial charge is 0.322 e. The van der Waals surface area contributed by atoms with Crippen LogP contribution in [0.5, 0.6) is 0 Å². The third-order valence-corrected chi connectivity index (χ3v) is 6.37. The van der Waals surface area contributed by atoms with Gasteiger partial charge in [0, 0.05) is 27.7 Å². The fourth-order valence-corrected chi connectivity index (χ4v) is 4.62. The average molecular weight is 389 g/mol. The Balaban J connectivity index is 1.79. The van der Waals surface area contributed by atoms with Gasteiger partial charge < -0.3 is 5.32 Å².